The van der Waals surface area contributed by atoms with Gasteiger partial charge in [0.1, 0.15) is 24.7 Å². The first-order chi connectivity index (χ1) is 12.5. The highest BCUT2D eigenvalue weighted by molar-refractivity contribution is 6.32. The number of carbonyl (C=O) groups excluding carboxylic acids is 1. The number of fused-ring (bicyclic) bond motifs is 1. The van der Waals surface area contributed by atoms with E-state index < -0.39 is 0 Å². The zero-order chi connectivity index (χ0) is 18.7. The fraction of sp³-hybridized carbons (Fsp3) is 0.278. The molecule has 0 saturated carbocycles. The van der Waals surface area contributed by atoms with Crippen molar-refractivity contribution in [2.45, 2.75) is 6.42 Å². The van der Waals surface area contributed by atoms with Crippen LogP contribution in [0.15, 0.2) is 24.3 Å². The summed E-state index contributed by atoms with van der Waals surface area (Å²) in [6.07, 6.45) is 0.102. The lowest BCUT2D eigenvalue weighted by Crippen LogP contribution is -2.17. The van der Waals surface area contributed by atoms with Crippen molar-refractivity contribution < 1.29 is 23.7 Å². The molecule has 0 spiro atoms. The summed E-state index contributed by atoms with van der Waals surface area (Å²) >= 11 is 12.3. The van der Waals surface area contributed by atoms with Gasteiger partial charge in [-0.15, -0.1) is 0 Å². The highest BCUT2D eigenvalue weighted by Gasteiger charge is 2.18. The maximum atomic E-state index is 12.5. The summed E-state index contributed by atoms with van der Waals surface area (Å²) < 4.78 is 21.4. The number of rotatable bonds is 5. The van der Waals surface area contributed by atoms with Gasteiger partial charge in [-0.05, 0) is 17.7 Å². The van der Waals surface area contributed by atoms with Crippen molar-refractivity contribution >= 4 is 34.8 Å². The number of methoxy groups -OCH3 is 2. The minimum atomic E-state index is -0.250. The lowest BCUT2D eigenvalue weighted by molar-refractivity contribution is -0.115. The molecule has 2 aromatic carbocycles. The SMILES string of the molecule is COc1cc(NC(=O)Cc2cc(Cl)c3c(c2)OCCO3)c(OC)cc1Cl. The number of hydrogen-bond acceptors (Lipinski definition) is 5. The maximum Gasteiger partial charge on any atom is 0.228 e. The quantitative estimate of drug-likeness (QED) is 0.826. The van der Waals surface area contributed by atoms with E-state index in [0.717, 1.165) is 0 Å². The fourth-order valence-corrected chi connectivity index (χ4v) is 3.12. The maximum absolute atomic E-state index is 12.5. The molecule has 26 heavy (non-hydrogen) atoms. The average Bonchev–Trinajstić information content (AvgIpc) is 2.62. The molecule has 1 aliphatic rings. The lowest BCUT2D eigenvalue weighted by atomic mass is 10.1. The molecule has 0 unspecified atom stereocenters. The third-order valence-electron chi connectivity index (χ3n) is 3.77. The summed E-state index contributed by atoms with van der Waals surface area (Å²) in [5.74, 6) is 1.67. The number of anilines is 1. The number of ether oxygens (including phenoxy) is 4. The van der Waals surface area contributed by atoms with Crippen LogP contribution in [0.2, 0.25) is 10.0 Å². The highest BCUT2D eigenvalue weighted by Crippen LogP contribution is 2.39. The van der Waals surface area contributed by atoms with Gasteiger partial charge in [-0.25, -0.2) is 0 Å². The van der Waals surface area contributed by atoms with E-state index in [9.17, 15) is 4.79 Å². The number of amides is 1. The Morgan fingerprint density at radius 1 is 1.04 bits per heavy atom. The van der Waals surface area contributed by atoms with Crippen molar-refractivity contribution in [3.05, 3.63) is 39.9 Å². The van der Waals surface area contributed by atoms with Crippen LogP contribution in [-0.4, -0.2) is 33.3 Å². The molecule has 2 aromatic rings. The molecule has 0 fully saturated rings. The van der Waals surface area contributed by atoms with E-state index in [1.165, 1.54) is 14.2 Å². The van der Waals surface area contributed by atoms with Gasteiger partial charge in [0.15, 0.2) is 11.5 Å². The number of benzene rings is 2. The van der Waals surface area contributed by atoms with Gasteiger partial charge in [-0.1, -0.05) is 23.2 Å². The zero-order valence-electron chi connectivity index (χ0n) is 14.2. The number of hydrogen-bond donors (Lipinski definition) is 1. The van der Waals surface area contributed by atoms with Gasteiger partial charge in [0, 0.05) is 12.1 Å². The summed E-state index contributed by atoms with van der Waals surface area (Å²) in [6.45, 7) is 0.894. The largest absolute Gasteiger partial charge is 0.495 e. The van der Waals surface area contributed by atoms with Gasteiger partial charge in [0.05, 0.1) is 36.4 Å². The molecule has 3 rings (SSSR count). The smallest absolute Gasteiger partial charge is 0.228 e. The normalized spacial score (nSPS) is 12.5. The Bertz CT molecular complexity index is 841. The molecule has 138 valence electrons. The Hall–Kier alpha value is -2.31. The van der Waals surface area contributed by atoms with Gasteiger partial charge in [-0.3, -0.25) is 4.79 Å². The molecule has 6 nitrogen and oxygen atoms in total. The van der Waals surface area contributed by atoms with E-state index in [1.807, 2.05) is 0 Å². The Morgan fingerprint density at radius 2 is 1.77 bits per heavy atom. The van der Waals surface area contributed by atoms with Crippen molar-refractivity contribution in [1.82, 2.24) is 0 Å². The number of halogens is 2. The third-order valence-corrected chi connectivity index (χ3v) is 4.35. The molecule has 0 bridgehead atoms. The standard InChI is InChI=1S/C18H17Cl2NO5/c1-23-14-9-13(15(24-2)8-11(14)19)21-17(22)7-10-5-12(20)18-16(6-10)25-3-4-26-18/h5-6,8-9H,3-4,7H2,1-2H3,(H,21,22). The van der Waals surface area contributed by atoms with Crippen LogP contribution in [0.3, 0.4) is 0 Å². The van der Waals surface area contributed by atoms with E-state index in [2.05, 4.69) is 5.32 Å². The average molecular weight is 398 g/mol. The van der Waals surface area contributed by atoms with Crippen molar-refractivity contribution in [3.8, 4) is 23.0 Å². The van der Waals surface area contributed by atoms with Gasteiger partial charge < -0.3 is 24.3 Å². The molecule has 1 heterocycles. The van der Waals surface area contributed by atoms with E-state index in [-0.39, 0.29) is 12.3 Å². The van der Waals surface area contributed by atoms with Crippen LogP contribution < -0.4 is 24.3 Å². The highest BCUT2D eigenvalue weighted by atomic mass is 35.5. The molecule has 0 atom stereocenters. The van der Waals surface area contributed by atoms with Crippen LogP contribution in [-0.2, 0) is 11.2 Å². The molecule has 0 radical (unpaired) electrons. The first-order valence-electron chi connectivity index (χ1n) is 7.81. The van der Waals surface area contributed by atoms with E-state index in [1.54, 1.807) is 24.3 Å². The third kappa shape index (κ3) is 3.92. The first-order valence-corrected chi connectivity index (χ1v) is 8.56. The molecular formula is C18H17Cl2NO5. The summed E-state index contributed by atoms with van der Waals surface area (Å²) in [4.78, 5) is 12.5. The number of carbonyl (C=O) groups is 1. The van der Waals surface area contributed by atoms with Gasteiger partial charge in [0.25, 0.3) is 0 Å². The van der Waals surface area contributed by atoms with Crippen LogP contribution >= 0.6 is 23.2 Å². The fourth-order valence-electron chi connectivity index (χ4n) is 2.60. The molecule has 0 aliphatic carbocycles. The van der Waals surface area contributed by atoms with Gasteiger partial charge >= 0.3 is 0 Å². The molecular weight excluding hydrogens is 381 g/mol. The predicted molar refractivity (Wildman–Crippen MR) is 99.3 cm³/mol. The Balaban J connectivity index is 1.78. The number of nitrogens with one attached hydrogen (secondary N) is 1. The van der Waals surface area contributed by atoms with E-state index >= 15 is 0 Å². The monoisotopic (exact) mass is 397 g/mol. The second kappa shape index (κ2) is 7.93. The van der Waals surface area contributed by atoms with Gasteiger partial charge in [0.2, 0.25) is 5.91 Å². The summed E-state index contributed by atoms with van der Waals surface area (Å²) in [5.41, 5.74) is 1.17. The molecule has 1 amide bonds. The Morgan fingerprint density at radius 3 is 2.50 bits per heavy atom. The summed E-state index contributed by atoms with van der Waals surface area (Å²) in [6, 6.07) is 6.63. The van der Waals surface area contributed by atoms with Crippen LogP contribution in [0.25, 0.3) is 0 Å². The van der Waals surface area contributed by atoms with Crippen LogP contribution in [0.5, 0.6) is 23.0 Å². The zero-order valence-corrected chi connectivity index (χ0v) is 15.7. The second-order valence-corrected chi connectivity index (χ2v) is 6.33. The summed E-state index contributed by atoms with van der Waals surface area (Å²) in [7, 11) is 2.99. The van der Waals surface area contributed by atoms with Crippen molar-refractivity contribution in [2.24, 2.45) is 0 Å². The first kappa shape index (κ1) is 18.5. The van der Waals surface area contributed by atoms with Crippen LogP contribution in [0.1, 0.15) is 5.56 Å². The van der Waals surface area contributed by atoms with Crippen LogP contribution in [0.4, 0.5) is 5.69 Å². The minimum absolute atomic E-state index is 0.102. The van der Waals surface area contributed by atoms with Crippen LogP contribution in [0, 0.1) is 0 Å². The Labute approximate surface area is 160 Å². The summed E-state index contributed by atoms with van der Waals surface area (Å²) in [5, 5.41) is 3.60. The van der Waals surface area contributed by atoms with Gasteiger partial charge in [-0.2, -0.15) is 0 Å². The second-order valence-electron chi connectivity index (χ2n) is 5.51. The Kier molecular flexibility index (Phi) is 5.64. The predicted octanol–water partition coefficient (Wildman–Crippen LogP) is 3.96. The minimum Gasteiger partial charge on any atom is -0.495 e. The topological polar surface area (TPSA) is 66.0 Å². The lowest BCUT2D eigenvalue weighted by Gasteiger charge is -2.20. The van der Waals surface area contributed by atoms with Crippen molar-refractivity contribution in [2.75, 3.05) is 32.8 Å². The molecule has 0 saturated heterocycles. The molecule has 8 heteroatoms. The van der Waals surface area contributed by atoms with E-state index in [0.29, 0.717) is 57.5 Å². The molecule has 0 aromatic heterocycles. The van der Waals surface area contributed by atoms with E-state index in [4.69, 9.17) is 42.1 Å². The molecule has 1 N–H and O–H groups in total. The molecule has 1 aliphatic heterocycles. The van der Waals surface area contributed by atoms with Crippen molar-refractivity contribution in [3.63, 3.8) is 0 Å². The van der Waals surface area contributed by atoms with Crippen molar-refractivity contribution in [1.29, 1.82) is 0 Å².